The first-order chi connectivity index (χ1) is 18.3. The SMILES string of the molecule is COC(=O)NC(C(=O)NC(C)c1nc2ccc(-c3ccc(-c4ccc5nc[nH]c5c4)cc3)cc2[nH]1)C(C)C. The van der Waals surface area contributed by atoms with Crippen LogP contribution in [0.5, 0.6) is 0 Å². The van der Waals surface area contributed by atoms with E-state index in [-0.39, 0.29) is 17.9 Å². The normalized spacial score (nSPS) is 13.0. The van der Waals surface area contributed by atoms with E-state index in [0.29, 0.717) is 5.82 Å². The molecule has 0 aliphatic carbocycles. The predicted octanol–water partition coefficient (Wildman–Crippen LogP) is 5.33. The van der Waals surface area contributed by atoms with Gasteiger partial charge < -0.3 is 25.3 Å². The summed E-state index contributed by atoms with van der Waals surface area (Å²) in [5.41, 5.74) is 8.04. The summed E-state index contributed by atoms with van der Waals surface area (Å²) in [5, 5.41) is 5.52. The van der Waals surface area contributed by atoms with Gasteiger partial charge in [-0.1, -0.05) is 50.2 Å². The molecule has 0 saturated carbocycles. The molecular weight excluding hydrogens is 480 g/mol. The molecule has 0 bridgehead atoms. The van der Waals surface area contributed by atoms with Gasteiger partial charge in [-0.3, -0.25) is 4.79 Å². The number of aromatic amines is 2. The third-order valence-electron chi connectivity index (χ3n) is 6.65. The van der Waals surface area contributed by atoms with Gasteiger partial charge in [0.05, 0.1) is 41.5 Å². The molecule has 9 heteroatoms. The fourth-order valence-corrected chi connectivity index (χ4v) is 4.48. The standard InChI is InChI=1S/C29H30N6O3/c1-16(2)26(35-29(37)38-4)28(36)32-17(3)27-33-23-12-10-21(14-25(23)34-27)19-7-5-18(6-8-19)20-9-11-22-24(13-20)31-15-30-22/h5-17,26H,1-4H3,(H,30,31)(H,32,36)(H,33,34)(H,35,37). The van der Waals surface area contributed by atoms with Crippen LogP contribution in [0.4, 0.5) is 4.79 Å². The Morgan fingerprint density at radius 2 is 1.42 bits per heavy atom. The van der Waals surface area contributed by atoms with E-state index in [4.69, 9.17) is 0 Å². The van der Waals surface area contributed by atoms with Gasteiger partial charge in [0.25, 0.3) is 0 Å². The molecule has 9 nitrogen and oxygen atoms in total. The highest BCUT2D eigenvalue weighted by Gasteiger charge is 2.26. The summed E-state index contributed by atoms with van der Waals surface area (Å²) in [6, 6.07) is 19.6. The number of carbonyl (C=O) groups excluding carboxylic acids is 2. The summed E-state index contributed by atoms with van der Waals surface area (Å²) >= 11 is 0. The Morgan fingerprint density at radius 3 is 2.05 bits per heavy atom. The van der Waals surface area contributed by atoms with Crippen LogP contribution in [-0.4, -0.2) is 45.1 Å². The minimum absolute atomic E-state index is 0.112. The zero-order valence-corrected chi connectivity index (χ0v) is 21.7. The Morgan fingerprint density at radius 1 is 0.816 bits per heavy atom. The summed E-state index contributed by atoms with van der Waals surface area (Å²) in [6.45, 7) is 5.57. The fraction of sp³-hybridized carbons (Fsp3) is 0.241. The topological polar surface area (TPSA) is 125 Å². The Balaban J connectivity index is 1.32. The van der Waals surface area contributed by atoms with Crippen LogP contribution >= 0.6 is 0 Å². The molecule has 0 saturated heterocycles. The molecule has 5 aromatic rings. The second-order valence-corrected chi connectivity index (χ2v) is 9.65. The summed E-state index contributed by atoms with van der Waals surface area (Å²) in [6.07, 6.45) is 1.06. The number of imidazole rings is 2. The molecule has 0 fully saturated rings. The van der Waals surface area contributed by atoms with Crippen molar-refractivity contribution >= 4 is 34.1 Å². The van der Waals surface area contributed by atoms with Crippen LogP contribution in [0.1, 0.15) is 32.6 Å². The van der Waals surface area contributed by atoms with Gasteiger partial charge in [-0.05, 0) is 59.4 Å². The number of nitrogens with zero attached hydrogens (tertiary/aromatic N) is 2. The Bertz CT molecular complexity index is 1600. The Labute approximate surface area is 220 Å². The number of hydrogen-bond acceptors (Lipinski definition) is 5. The lowest BCUT2D eigenvalue weighted by molar-refractivity contribution is -0.124. The van der Waals surface area contributed by atoms with Crippen molar-refractivity contribution in [2.45, 2.75) is 32.9 Å². The van der Waals surface area contributed by atoms with Crippen LogP contribution in [0.3, 0.4) is 0 Å². The maximum absolute atomic E-state index is 12.8. The Kier molecular flexibility index (Phi) is 6.83. The first-order valence-electron chi connectivity index (χ1n) is 12.5. The maximum Gasteiger partial charge on any atom is 0.407 e. The first kappa shape index (κ1) is 25.0. The summed E-state index contributed by atoms with van der Waals surface area (Å²) in [7, 11) is 1.27. The quantitative estimate of drug-likeness (QED) is 0.236. The van der Waals surface area contributed by atoms with Gasteiger partial charge in [-0.15, -0.1) is 0 Å². The van der Waals surface area contributed by atoms with Gasteiger partial charge in [0.1, 0.15) is 11.9 Å². The van der Waals surface area contributed by atoms with Crippen LogP contribution < -0.4 is 10.6 Å². The smallest absolute Gasteiger partial charge is 0.407 e. The molecule has 2 heterocycles. The van der Waals surface area contributed by atoms with Crippen LogP contribution in [0, 0.1) is 5.92 Å². The number of nitrogens with one attached hydrogen (secondary N) is 4. The van der Waals surface area contributed by atoms with E-state index in [2.05, 4.69) is 77.8 Å². The summed E-state index contributed by atoms with van der Waals surface area (Å²) < 4.78 is 4.65. The maximum atomic E-state index is 12.8. The second kappa shape index (κ2) is 10.4. The van der Waals surface area contributed by atoms with Gasteiger partial charge in [-0.2, -0.15) is 0 Å². The predicted molar refractivity (Wildman–Crippen MR) is 147 cm³/mol. The van der Waals surface area contributed by atoms with Crippen molar-refractivity contribution in [2.75, 3.05) is 7.11 Å². The fourth-order valence-electron chi connectivity index (χ4n) is 4.48. The van der Waals surface area contributed by atoms with Crippen molar-refractivity contribution < 1.29 is 14.3 Å². The third kappa shape index (κ3) is 5.08. The summed E-state index contributed by atoms with van der Waals surface area (Å²) in [4.78, 5) is 39.9. The molecule has 0 spiro atoms. The molecule has 5 rings (SSSR count). The molecule has 0 aliphatic heterocycles. The Hall–Kier alpha value is -4.66. The van der Waals surface area contributed by atoms with Crippen molar-refractivity contribution in [1.82, 2.24) is 30.6 Å². The number of fused-ring (bicyclic) bond motifs is 2. The minimum Gasteiger partial charge on any atom is -0.453 e. The number of hydrogen-bond donors (Lipinski definition) is 4. The van der Waals surface area contributed by atoms with Crippen molar-refractivity contribution in [3.8, 4) is 22.3 Å². The lowest BCUT2D eigenvalue weighted by atomic mass is 10.00. The van der Waals surface area contributed by atoms with Crippen molar-refractivity contribution in [3.63, 3.8) is 0 Å². The molecule has 2 aromatic heterocycles. The molecule has 0 radical (unpaired) electrons. The number of H-pyrrole nitrogens is 2. The highest BCUT2D eigenvalue weighted by molar-refractivity contribution is 5.87. The van der Waals surface area contributed by atoms with Gasteiger partial charge in [-0.25, -0.2) is 14.8 Å². The lowest BCUT2D eigenvalue weighted by Crippen LogP contribution is -2.50. The monoisotopic (exact) mass is 510 g/mol. The van der Waals surface area contributed by atoms with Crippen LogP contribution in [0.25, 0.3) is 44.3 Å². The van der Waals surface area contributed by atoms with Crippen LogP contribution in [-0.2, 0) is 9.53 Å². The molecular formula is C29H30N6O3. The molecule has 3 aromatic carbocycles. The third-order valence-corrected chi connectivity index (χ3v) is 6.65. The average Bonchev–Trinajstić information content (AvgIpc) is 3.57. The second-order valence-electron chi connectivity index (χ2n) is 9.65. The van der Waals surface area contributed by atoms with E-state index in [1.807, 2.05) is 39.0 Å². The number of amides is 2. The van der Waals surface area contributed by atoms with Gasteiger partial charge in [0, 0.05) is 0 Å². The average molecular weight is 511 g/mol. The number of methoxy groups -OCH3 is 1. The van der Waals surface area contributed by atoms with Gasteiger partial charge >= 0.3 is 6.09 Å². The number of aromatic nitrogens is 4. The van der Waals surface area contributed by atoms with Gasteiger partial charge in [0.15, 0.2) is 0 Å². The highest BCUT2D eigenvalue weighted by Crippen LogP contribution is 2.28. The molecule has 4 N–H and O–H groups in total. The number of alkyl carbamates (subject to hydrolysis) is 1. The summed E-state index contributed by atoms with van der Waals surface area (Å²) in [5.74, 6) is 0.223. The number of benzene rings is 3. The molecule has 2 atom stereocenters. The number of carbonyl (C=O) groups is 2. The number of rotatable bonds is 7. The van der Waals surface area contributed by atoms with E-state index >= 15 is 0 Å². The lowest BCUT2D eigenvalue weighted by Gasteiger charge is -2.22. The first-order valence-corrected chi connectivity index (χ1v) is 12.5. The van der Waals surface area contributed by atoms with E-state index in [1.165, 1.54) is 7.11 Å². The highest BCUT2D eigenvalue weighted by atomic mass is 16.5. The van der Waals surface area contributed by atoms with Crippen LogP contribution in [0.2, 0.25) is 0 Å². The van der Waals surface area contributed by atoms with E-state index in [1.54, 1.807) is 6.33 Å². The van der Waals surface area contributed by atoms with Gasteiger partial charge in [0.2, 0.25) is 5.91 Å². The zero-order chi connectivity index (χ0) is 26.8. The molecule has 0 aliphatic rings. The minimum atomic E-state index is -0.717. The van der Waals surface area contributed by atoms with Crippen molar-refractivity contribution in [3.05, 3.63) is 72.8 Å². The van der Waals surface area contributed by atoms with E-state index < -0.39 is 12.1 Å². The zero-order valence-electron chi connectivity index (χ0n) is 21.7. The van der Waals surface area contributed by atoms with Crippen molar-refractivity contribution in [2.24, 2.45) is 5.92 Å². The molecule has 194 valence electrons. The molecule has 2 unspecified atom stereocenters. The molecule has 2 amide bonds. The largest absolute Gasteiger partial charge is 0.453 e. The number of ether oxygens (including phenoxy) is 1. The molecule has 38 heavy (non-hydrogen) atoms. The van der Waals surface area contributed by atoms with Crippen molar-refractivity contribution in [1.29, 1.82) is 0 Å². The van der Waals surface area contributed by atoms with E-state index in [9.17, 15) is 9.59 Å². The van der Waals surface area contributed by atoms with E-state index in [0.717, 1.165) is 44.3 Å². The van der Waals surface area contributed by atoms with Crippen LogP contribution in [0.15, 0.2) is 67.0 Å².